The van der Waals surface area contributed by atoms with Crippen molar-refractivity contribution in [1.82, 2.24) is 9.78 Å². The van der Waals surface area contributed by atoms with Crippen molar-refractivity contribution in [2.24, 2.45) is 0 Å². The maximum Gasteiger partial charge on any atom is 0.126 e. The van der Waals surface area contributed by atoms with Crippen molar-refractivity contribution in [3.05, 3.63) is 51.8 Å². The van der Waals surface area contributed by atoms with Crippen LogP contribution >= 0.6 is 15.9 Å². The summed E-state index contributed by atoms with van der Waals surface area (Å²) >= 11 is 3.34. The summed E-state index contributed by atoms with van der Waals surface area (Å²) in [6.07, 6.45) is 0.826. The molecular weight excluding hydrogens is 330 g/mol. The number of nitrogens with zero attached hydrogens (tertiary/aromatic N) is 2. The molecule has 108 valence electrons. The van der Waals surface area contributed by atoms with Gasteiger partial charge in [0.05, 0.1) is 16.4 Å². The van der Waals surface area contributed by atoms with E-state index in [-0.39, 0.29) is 12.5 Å². The second kappa shape index (κ2) is 6.01. The van der Waals surface area contributed by atoms with Gasteiger partial charge < -0.3 is 5.11 Å². The quantitative estimate of drug-likeness (QED) is 0.916. The summed E-state index contributed by atoms with van der Waals surface area (Å²) in [6.45, 7) is 3.88. The molecule has 0 aliphatic rings. The van der Waals surface area contributed by atoms with Crippen LogP contribution in [-0.2, 0) is 6.42 Å². The van der Waals surface area contributed by atoms with Gasteiger partial charge in [0.2, 0.25) is 0 Å². The van der Waals surface area contributed by atoms with Crippen LogP contribution in [0.3, 0.4) is 0 Å². The Hall–Kier alpha value is -1.27. The van der Waals surface area contributed by atoms with E-state index in [0.717, 1.165) is 6.07 Å². The number of aliphatic hydroxyl groups excluding tert-OH is 1. The van der Waals surface area contributed by atoms with Crippen molar-refractivity contribution >= 4 is 15.9 Å². The monoisotopic (exact) mass is 344 g/mol. The summed E-state index contributed by atoms with van der Waals surface area (Å²) < 4.78 is 28.7. The summed E-state index contributed by atoms with van der Waals surface area (Å²) in [4.78, 5) is 0. The molecule has 3 nitrogen and oxygen atoms in total. The Labute approximate surface area is 124 Å². The molecule has 0 aliphatic heterocycles. The van der Waals surface area contributed by atoms with Gasteiger partial charge in [0, 0.05) is 18.5 Å². The number of hydrogen-bond donors (Lipinski definition) is 1. The fourth-order valence-corrected chi connectivity index (χ4v) is 2.66. The Balaban J connectivity index is 2.28. The minimum atomic E-state index is -0.893. The minimum Gasteiger partial charge on any atom is -0.386 e. The molecule has 2 aromatic rings. The molecule has 0 fully saturated rings. The zero-order chi connectivity index (χ0) is 14.9. The van der Waals surface area contributed by atoms with Gasteiger partial charge in [-0.1, -0.05) is 0 Å². The van der Waals surface area contributed by atoms with E-state index >= 15 is 0 Å². The predicted molar refractivity (Wildman–Crippen MR) is 75.3 cm³/mol. The van der Waals surface area contributed by atoms with Gasteiger partial charge in [-0.2, -0.15) is 5.10 Å². The SMILES string of the molecule is CC(C)n1ncc(Br)c1C(O)Cc1cc(F)cc(F)c1. The molecule has 0 aliphatic carbocycles. The van der Waals surface area contributed by atoms with Crippen molar-refractivity contribution in [2.75, 3.05) is 0 Å². The zero-order valence-electron chi connectivity index (χ0n) is 11.1. The highest BCUT2D eigenvalue weighted by Crippen LogP contribution is 2.28. The third kappa shape index (κ3) is 3.24. The van der Waals surface area contributed by atoms with E-state index in [2.05, 4.69) is 21.0 Å². The van der Waals surface area contributed by atoms with E-state index in [4.69, 9.17) is 0 Å². The molecule has 0 saturated carbocycles. The molecule has 2 rings (SSSR count). The van der Waals surface area contributed by atoms with Gasteiger partial charge in [0.15, 0.2) is 0 Å². The molecule has 0 bridgehead atoms. The Kier molecular flexibility index (Phi) is 4.55. The first-order valence-corrected chi connectivity index (χ1v) is 7.03. The third-order valence-electron chi connectivity index (χ3n) is 2.94. The van der Waals surface area contributed by atoms with Crippen LogP contribution in [0.5, 0.6) is 0 Å². The van der Waals surface area contributed by atoms with E-state index in [9.17, 15) is 13.9 Å². The normalized spacial score (nSPS) is 12.9. The highest BCUT2D eigenvalue weighted by atomic mass is 79.9. The van der Waals surface area contributed by atoms with Crippen molar-refractivity contribution in [2.45, 2.75) is 32.4 Å². The molecule has 1 atom stereocenters. The number of aliphatic hydroxyl groups is 1. The number of hydrogen-bond acceptors (Lipinski definition) is 2. The highest BCUT2D eigenvalue weighted by Gasteiger charge is 2.20. The van der Waals surface area contributed by atoms with Crippen LogP contribution < -0.4 is 0 Å². The molecule has 1 unspecified atom stereocenters. The molecule has 1 heterocycles. The van der Waals surface area contributed by atoms with Crippen LogP contribution in [0, 0.1) is 11.6 Å². The van der Waals surface area contributed by atoms with Gasteiger partial charge in [0.25, 0.3) is 0 Å². The molecule has 1 aromatic heterocycles. The number of aromatic nitrogens is 2. The predicted octanol–water partition coefficient (Wildman–Crippen LogP) is 3.78. The topological polar surface area (TPSA) is 38.0 Å². The molecule has 20 heavy (non-hydrogen) atoms. The summed E-state index contributed by atoms with van der Waals surface area (Å²) in [5, 5.41) is 14.5. The molecular formula is C14H15BrF2N2O. The first-order valence-electron chi connectivity index (χ1n) is 6.24. The Morgan fingerprint density at radius 3 is 2.40 bits per heavy atom. The first kappa shape index (κ1) is 15.1. The summed E-state index contributed by atoms with van der Waals surface area (Å²) in [5.41, 5.74) is 1.00. The van der Waals surface area contributed by atoms with E-state index < -0.39 is 17.7 Å². The van der Waals surface area contributed by atoms with Crippen LogP contribution in [0.15, 0.2) is 28.9 Å². The van der Waals surface area contributed by atoms with Crippen molar-refractivity contribution in [3.8, 4) is 0 Å². The van der Waals surface area contributed by atoms with E-state index in [0.29, 0.717) is 15.7 Å². The van der Waals surface area contributed by atoms with Gasteiger partial charge >= 0.3 is 0 Å². The van der Waals surface area contributed by atoms with Gasteiger partial charge in [-0.05, 0) is 47.5 Å². The van der Waals surface area contributed by atoms with E-state index in [1.165, 1.54) is 12.1 Å². The first-order chi connectivity index (χ1) is 9.38. The van der Waals surface area contributed by atoms with Crippen LogP contribution in [0.1, 0.15) is 37.3 Å². The second-order valence-electron chi connectivity index (χ2n) is 4.91. The van der Waals surface area contributed by atoms with Crippen LogP contribution in [0.25, 0.3) is 0 Å². The average molecular weight is 345 g/mol. The minimum absolute atomic E-state index is 0.0789. The highest BCUT2D eigenvalue weighted by molar-refractivity contribution is 9.10. The molecule has 6 heteroatoms. The second-order valence-corrected chi connectivity index (χ2v) is 5.77. The van der Waals surface area contributed by atoms with Gasteiger partial charge in [-0.25, -0.2) is 8.78 Å². The maximum absolute atomic E-state index is 13.2. The largest absolute Gasteiger partial charge is 0.386 e. The zero-order valence-corrected chi connectivity index (χ0v) is 12.7. The average Bonchev–Trinajstić information content (AvgIpc) is 2.69. The van der Waals surface area contributed by atoms with Gasteiger partial charge in [-0.3, -0.25) is 4.68 Å². The Morgan fingerprint density at radius 2 is 1.85 bits per heavy atom. The fourth-order valence-electron chi connectivity index (χ4n) is 2.12. The number of halogens is 3. The maximum atomic E-state index is 13.2. The smallest absolute Gasteiger partial charge is 0.126 e. The summed E-state index contributed by atoms with van der Waals surface area (Å²) in [7, 11) is 0. The van der Waals surface area contributed by atoms with Gasteiger partial charge in [-0.15, -0.1) is 0 Å². The fraction of sp³-hybridized carbons (Fsp3) is 0.357. The summed E-state index contributed by atoms with van der Waals surface area (Å²) in [5.74, 6) is -1.30. The van der Waals surface area contributed by atoms with Crippen molar-refractivity contribution in [3.63, 3.8) is 0 Å². The van der Waals surface area contributed by atoms with Gasteiger partial charge in [0.1, 0.15) is 17.7 Å². The lowest BCUT2D eigenvalue weighted by Crippen LogP contribution is -2.13. The van der Waals surface area contributed by atoms with E-state index in [1.54, 1.807) is 10.9 Å². The Morgan fingerprint density at radius 1 is 1.25 bits per heavy atom. The Bertz CT molecular complexity index is 593. The molecule has 0 saturated heterocycles. The van der Waals surface area contributed by atoms with E-state index in [1.807, 2.05) is 13.8 Å². The van der Waals surface area contributed by atoms with Crippen LogP contribution in [0.4, 0.5) is 8.78 Å². The molecule has 0 spiro atoms. The molecule has 1 N–H and O–H groups in total. The lowest BCUT2D eigenvalue weighted by atomic mass is 10.1. The third-order valence-corrected chi connectivity index (χ3v) is 3.55. The molecule has 0 amide bonds. The number of rotatable bonds is 4. The van der Waals surface area contributed by atoms with Crippen LogP contribution in [0.2, 0.25) is 0 Å². The van der Waals surface area contributed by atoms with Crippen molar-refractivity contribution < 1.29 is 13.9 Å². The standard InChI is InChI=1S/C14H15BrF2N2O/c1-8(2)19-14(12(15)7-18-19)13(20)5-9-3-10(16)6-11(17)4-9/h3-4,6-8,13,20H,5H2,1-2H3. The molecule has 0 radical (unpaired) electrons. The number of benzene rings is 1. The molecule has 1 aromatic carbocycles. The van der Waals surface area contributed by atoms with Crippen molar-refractivity contribution in [1.29, 1.82) is 0 Å². The van der Waals surface area contributed by atoms with Crippen LogP contribution in [-0.4, -0.2) is 14.9 Å². The summed E-state index contributed by atoms with van der Waals surface area (Å²) in [6, 6.07) is 3.33. The lowest BCUT2D eigenvalue weighted by Gasteiger charge is -2.17. The lowest BCUT2D eigenvalue weighted by molar-refractivity contribution is 0.163.